The highest BCUT2D eigenvalue weighted by atomic mass is 16.5. The second-order valence-corrected chi connectivity index (χ2v) is 6.84. The molecule has 1 N–H and O–H groups in total. The smallest absolute Gasteiger partial charge is 0.359 e. The van der Waals surface area contributed by atoms with Gasteiger partial charge in [-0.3, -0.25) is 4.79 Å². The lowest BCUT2D eigenvalue weighted by molar-refractivity contribution is 0.0468. The van der Waals surface area contributed by atoms with E-state index in [0.29, 0.717) is 11.1 Å². The van der Waals surface area contributed by atoms with Crippen LogP contribution in [0.4, 0.5) is 0 Å². The molecule has 6 nitrogen and oxygen atoms in total. The number of rotatable bonds is 6. The summed E-state index contributed by atoms with van der Waals surface area (Å²) in [4.78, 5) is 28.3. The normalized spacial score (nSPS) is 11.0. The molecular weight excluding hydrogens is 366 g/mol. The van der Waals surface area contributed by atoms with E-state index in [9.17, 15) is 9.59 Å². The molecule has 0 aliphatic rings. The molecule has 2 aromatic carbocycles. The van der Waals surface area contributed by atoms with Crippen LogP contribution >= 0.6 is 0 Å². The van der Waals surface area contributed by atoms with E-state index in [1.807, 2.05) is 48.5 Å². The van der Waals surface area contributed by atoms with Crippen LogP contribution in [0.5, 0.6) is 0 Å². The number of aromatic amines is 1. The molecule has 0 saturated heterocycles. The fourth-order valence-corrected chi connectivity index (χ4v) is 3.39. The number of aromatic nitrogens is 3. The van der Waals surface area contributed by atoms with Crippen molar-refractivity contribution >= 4 is 22.7 Å². The number of nitrogens with one attached hydrogen (secondary N) is 1. The minimum absolute atomic E-state index is 0.203. The van der Waals surface area contributed by atoms with Crippen LogP contribution in [0.1, 0.15) is 38.9 Å². The monoisotopic (exact) mass is 387 g/mol. The van der Waals surface area contributed by atoms with Gasteiger partial charge in [0.15, 0.2) is 12.3 Å². The number of ketones is 1. The molecule has 29 heavy (non-hydrogen) atoms. The lowest BCUT2D eigenvalue weighted by atomic mass is 10.1. The number of ether oxygens (including phenoxy) is 1. The maximum atomic E-state index is 12.6. The third-order valence-corrected chi connectivity index (χ3v) is 4.93. The first kappa shape index (κ1) is 18.7. The number of Topliss-reactive ketones (excluding diaryl/α,β-unsaturated/α-hetero) is 1. The van der Waals surface area contributed by atoms with Crippen LogP contribution in [0.3, 0.4) is 0 Å². The van der Waals surface area contributed by atoms with Crippen LogP contribution in [0, 0.1) is 6.92 Å². The second-order valence-electron chi connectivity index (χ2n) is 6.84. The summed E-state index contributed by atoms with van der Waals surface area (Å²) in [7, 11) is 0. The van der Waals surface area contributed by atoms with Crippen molar-refractivity contribution in [1.82, 2.24) is 14.8 Å². The Balaban J connectivity index is 1.49. The van der Waals surface area contributed by atoms with Crippen molar-refractivity contribution in [2.75, 3.05) is 6.61 Å². The molecule has 4 aromatic rings. The van der Waals surface area contributed by atoms with Gasteiger partial charge in [0.2, 0.25) is 5.78 Å². The molecule has 0 aliphatic heterocycles. The van der Waals surface area contributed by atoms with Gasteiger partial charge in [-0.05, 0) is 31.0 Å². The summed E-state index contributed by atoms with van der Waals surface area (Å²) in [5.74, 6) is -0.863. The first-order valence-electron chi connectivity index (χ1n) is 9.49. The predicted octanol–water partition coefficient (Wildman–Crippen LogP) is 4.26. The average Bonchev–Trinajstić information content (AvgIpc) is 3.36. The summed E-state index contributed by atoms with van der Waals surface area (Å²) < 4.78 is 6.90. The molecule has 0 amide bonds. The van der Waals surface area contributed by atoms with Crippen LogP contribution < -0.4 is 0 Å². The molecule has 0 spiro atoms. The lowest BCUT2D eigenvalue weighted by Gasteiger charge is -2.04. The van der Waals surface area contributed by atoms with Gasteiger partial charge in [-0.2, -0.15) is 5.10 Å². The van der Waals surface area contributed by atoms with E-state index >= 15 is 0 Å². The van der Waals surface area contributed by atoms with Crippen LogP contribution in [-0.2, 0) is 11.2 Å². The van der Waals surface area contributed by atoms with Crippen molar-refractivity contribution in [2.45, 2.75) is 20.3 Å². The highest BCUT2D eigenvalue weighted by Crippen LogP contribution is 2.23. The van der Waals surface area contributed by atoms with E-state index in [4.69, 9.17) is 4.74 Å². The molecule has 0 fully saturated rings. The van der Waals surface area contributed by atoms with Gasteiger partial charge in [-0.25, -0.2) is 9.48 Å². The average molecular weight is 387 g/mol. The summed E-state index contributed by atoms with van der Waals surface area (Å²) in [5, 5.41) is 5.16. The number of esters is 1. The van der Waals surface area contributed by atoms with Gasteiger partial charge in [0.05, 0.1) is 5.69 Å². The molecule has 6 heteroatoms. The number of hydrogen-bond acceptors (Lipinski definition) is 4. The molecule has 146 valence electrons. The van der Waals surface area contributed by atoms with Crippen molar-refractivity contribution in [3.63, 3.8) is 0 Å². The van der Waals surface area contributed by atoms with E-state index in [1.165, 1.54) is 0 Å². The van der Waals surface area contributed by atoms with Crippen molar-refractivity contribution in [2.24, 2.45) is 0 Å². The third-order valence-electron chi connectivity index (χ3n) is 4.93. The van der Waals surface area contributed by atoms with E-state index in [1.54, 1.807) is 24.0 Å². The van der Waals surface area contributed by atoms with Gasteiger partial charge in [0.25, 0.3) is 0 Å². The number of fused-ring (bicyclic) bond motifs is 1. The second kappa shape index (κ2) is 7.75. The molecule has 0 aliphatic carbocycles. The lowest BCUT2D eigenvalue weighted by Crippen LogP contribution is -2.15. The minimum Gasteiger partial charge on any atom is -0.453 e. The zero-order valence-corrected chi connectivity index (χ0v) is 16.3. The Morgan fingerprint density at radius 3 is 2.66 bits per heavy atom. The van der Waals surface area contributed by atoms with Crippen LogP contribution in [0.25, 0.3) is 16.6 Å². The quantitative estimate of drug-likeness (QED) is 0.396. The number of carbonyl (C=O) groups excluding carboxylic acids is 2. The third kappa shape index (κ3) is 3.57. The Hall–Kier alpha value is -3.67. The van der Waals surface area contributed by atoms with Crippen LogP contribution in [0.15, 0.2) is 60.9 Å². The number of carbonyl (C=O) groups is 2. The number of hydrogen-bond donors (Lipinski definition) is 1. The Labute approximate surface area is 168 Å². The highest BCUT2D eigenvalue weighted by Gasteiger charge is 2.20. The predicted molar refractivity (Wildman–Crippen MR) is 111 cm³/mol. The standard InChI is InChI=1S/C23H21N3O3/c1-3-16-8-7-11-18-19(12-24-22(16)18)20(27)14-29-23(28)21-15(2)13-26(25-21)17-9-5-4-6-10-17/h4-13,24H,3,14H2,1-2H3. The van der Waals surface area contributed by atoms with Gasteiger partial charge in [0, 0.05) is 34.4 Å². The van der Waals surface area contributed by atoms with E-state index < -0.39 is 5.97 Å². The zero-order valence-electron chi connectivity index (χ0n) is 16.3. The van der Waals surface area contributed by atoms with Gasteiger partial charge in [-0.15, -0.1) is 0 Å². The largest absolute Gasteiger partial charge is 0.453 e. The molecule has 4 rings (SSSR count). The molecule has 0 bridgehead atoms. The van der Waals surface area contributed by atoms with Gasteiger partial charge in [0.1, 0.15) is 0 Å². The summed E-state index contributed by atoms with van der Waals surface area (Å²) in [5.41, 5.74) is 4.34. The number of benzene rings is 2. The summed E-state index contributed by atoms with van der Waals surface area (Å²) in [6.07, 6.45) is 4.30. The van der Waals surface area contributed by atoms with Crippen LogP contribution in [-0.4, -0.2) is 33.1 Å². The summed E-state index contributed by atoms with van der Waals surface area (Å²) in [6, 6.07) is 15.3. The fraction of sp³-hybridized carbons (Fsp3) is 0.174. The molecule has 2 heterocycles. The molecule has 0 atom stereocenters. The van der Waals surface area contributed by atoms with Crippen molar-refractivity contribution in [3.05, 3.63) is 83.3 Å². The Bertz CT molecular complexity index is 1190. The highest BCUT2D eigenvalue weighted by molar-refractivity contribution is 6.09. The number of H-pyrrole nitrogens is 1. The Kier molecular flexibility index (Phi) is 4.99. The number of para-hydroxylation sites is 2. The number of nitrogens with zero attached hydrogens (tertiary/aromatic N) is 2. The van der Waals surface area contributed by atoms with Gasteiger partial charge >= 0.3 is 5.97 Å². The maximum absolute atomic E-state index is 12.6. The Morgan fingerprint density at radius 1 is 1.10 bits per heavy atom. The molecule has 0 unspecified atom stereocenters. The molecule has 2 aromatic heterocycles. The van der Waals surface area contributed by atoms with Gasteiger partial charge < -0.3 is 9.72 Å². The number of aryl methyl sites for hydroxylation is 2. The first-order chi connectivity index (χ1) is 14.1. The van der Waals surface area contributed by atoms with E-state index in [0.717, 1.165) is 28.6 Å². The molecule has 0 saturated carbocycles. The van der Waals surface area contributed by atoms with Gasteiger partial charge in [-0.1, -0.05) is 43.3 Å². The van der Waals surface area contributed by atoms with E-state index in [2.05, 4.69) is 17.0 Å². The van der Waals surface area contributed by atoms with Crippen molar-refractivity contribution in [3.8, 4) is 5.69 Å². The fourth-order valence-electron chi connectivity index (χ4n) is 3.39. The Morgan fingerprint density at radius 2 is 1.90 bits per heavy atom. The zero-order chi connectivity index (χ0) is 20.4. The molecule has 0 radical (unpaired) electrons. The van der Waals surface area contributed by atoms with E-state index in [-0.39, 0.29) is 18.1 Å². The molecular formula is C23H21N3O3. The first-order valence-corrected chi connectivity index (χ1v) is 9.49. The van der Waals surface area contributed by atoms with Crippen LogP contribution in [0.2, 0.25) is 0 Å². The summed E-state index contributed by atoms with van der Waals surface area (Å²) >= 11 is 0. The maximum Gasteiger partial charge on any atom is 0.359 e. The minimum atomic E-state index is -0.611. The topological polar surface area (TPSA) is 77.0 Å². The van der Waals surface area contributed by atoms with Crippen molar-refractivity contribution < 1.29 is 14.3 Å². The van der Waals surface area contributed by atoms with Crippen molar-refractivity contribution in [1.29, 1.82) is 0 Å². The summed E-state index contributed by atoms with van der Waals surface area (Å²) in [6.45, 7) is 3.52. The SMILES string of the molecule is CCc1cccc2c(C(=O)COC(=O)c3nn(-c4ccccc4)cc3C)c[nH]c12.